The van der Waals surface area contributed by atoms with Crippen molar-refractivity contribution in [3.8, 4) is 0 Å². The topological polar surface area (TPSA) is 20.9 Å². The second kappa shape index (κ2) is 5.97. The Bertz CT molecular complexity index is 512. The summed E-state index contributed by atoms with van der Waals surface area (Å²) in [5, 5.41) is 0.760. The predicted molar refractivity (Wildman–Crippen MR) is 61.5 cm³/mol. The zero-order valence-electron chi connectivity index (χ0n) is 8.74. The zero-order chi connectivity index (χ0) is 10.8. The Morgan fingerprint density at radius 2 is 2.25 bits per heavy atom. The van der Waals surface area contributed by atoms with Crippen LogP contribution in [0.4, 0.5) is 0 Å². The van der Waals surface area contributed by atoms with Gasteiger partial charge in [0, 0.05) is 0 Å². The summed E-state index contributed by atoms with van der Waals surface area (Å²) in [6.45, 7) is 2.89. The number of hydrogen-bond donors (Lipinski definition) is 0. The number of nitrogens with zero attached hydrogens (tertiary/aromatic N) is 1. The third kappa shape index (κ3) is 2.75. The number of aromatic nitrogens is 1. The number of halogens is 2. The molecule has 0 N–H and O–H groups in total. The molecule has 0 saturated carbocycles. The summed E-state index contributed by atoms with van der Waals surface area (Å²) in [6, 6.07) is 6.00. The van der Waals surface area contributed by atoms with Crippen molar-refractivity contribution in [2.75, 3.05) is 0 Å². The van der Waals surface area contributed by atoms with Crippen molar-refractivity contribution in [1.82, 2.24) is 0 Å². The molecule has 0 aliphatic heterocycles. The van der Waals surface area contributed by atoms with E-state index in [1.165, 1.54) is 14.3 Å². The van der Waals surface area contributed by atoms with Crippen molar-refractivity contribution < 1.29 is 26.3 Å². The van der Waals surface area contributed by atoms with Crippen LogP contribution in [-0.4, -0.2) is 20.8 Å². The average molecular weight is 368 g/mol. The van der Waals surface area contributed by atoms with Crippen LogP contribution < -0.4 is 21.5 Å². The molecule has 2 nitrogen and oxygen atoms in total. The Kier molecular flexibility index (Phi) is 5.19. The summed E-state index contributed by atoms with van der Waals surface area (Å²) in [6.07, 6.45) is 1.53. The smallest absolute Gasteiger partial charge is 1.00 e. The first-order chi connectivity index (χ1) is 7.22. The number of benzene rings is 1. The van der Waals surface area contributed by atoms with E-state index < -0.39 is 0 Å². The van der Waals surface area contributed by atoms with E-state index in [1.807, 2.05) is 12.1 Å². The molecule has 0 amide bonds. The number of carbonyl (C=O) groups is 1. The summed E-state index contributed by atoms with van der Waals surface area (Å²) >= 11 is 6.36. The minimum atomic E-state index is 0. The van der Waals surface area contributed by atoms with E-state index in [-0.39, 0.29) is 17.0 Å². The van der Waals surface area contributed by atoms with Crippen LogP contribution in [-0.2, 0) is 11.3 Å². The maximum atomic E-state index is 10.4. The number of aldehydes is 1. The van der Waals surface area contributed by atoms with Crippen molar-refractivity contribution in [3.05, 3.63) is 27.8 Å². The van der Waals surface area contributed by atoms with Gasteiger partial charge in [-0.15, -0.1) is 0 Å². The summed E-state index contributed by atoms with van der Waals surface area (Å²) in [5.74, 6) is 0. The average Bonchev–Trinajstić information content (AvgIpc) is 2.51. The molecule has 0 bridgehead atoms. The van der Waals surface area contributed by atoms with Gasteiger partial charge in [0.2, 0.25) is 0 Å². The molecule has 2 rings (SSSR count). The number of aryl methyl sites for hydroxylation is 2. The van der Waals surface area contributed by atoms with Crippen LogP contribution in [0.5, 0.6) is 0 Å². The van der Waals surface area contributed by atoms with E-state index in [9.17, 15) is 4.79 Å². The summed E-state index contributed by atoms with van der Waals surface area (Å²) in [5.41, 5.74) is 1.18. The van der Waals surface area contributed by atoms with Gasteiger partial charge in [0.15, 0.2) is 0 Å². The van der Waals surface area contributed by atoms with Crippen molar-refractivity contribution in [2.45, 2.75) is 19.9 Å². The maximum absolute atomic E-state index is 10.4. The molecule has 0 radical (unpaired) electrons. The van der Waals surface area contributed by atoms with Gasteiger partial charge in [-0.3, -0.25) is 0 Å². The fraction of sp³-hybridized carbons (Fsp3) is 0.273. The first kappa shape index (κ1) is 13.9. The number of fused-ring (bicyclic) bond motifs is 1. The van der Waals surface area contributed by atoms with Gasteiger partial charge in [0.05, 0.1) is 0 Å². The molecule has 2 aromatic rings. The van der Waals surface area contributed by atoms with E-state index in [1.54, 1.807) is 0 Å². The summed E-state index contributed by atoms with van der Waals surface area (Å²) < 4.78 is 4.91. The molecule has 0 fully saturated rings. The molecule has 0 spiro atoms. The zero-order valence-corrected chi connectivity index (χ0v) is 12.8. The van der Waals surface area contributed by atoms with Gasteiger partial charge >= 0.3 is 99.2 Å². The van der Waals surface area contributed by atoms with Gasteiger partial charge in [0.25, 0.3) is 0 Å². The largest absolute Gasteiger partial charge is 1.00 e. The van der Waals surface area contributed by atoms with E-state index in [0.717, 1.165) is 17.9 Å². The summed E-state index contributed by atoms with van der Waals surface area (Å²) in [7, 11) is 0. The van der Waals surface area contributed by atoms with Gasteiger partial charge in [-0.1, -0.05) is 0 Å². The molecule has 16 heavy (non-hydrogen) atoms. The molecule has 1 aromatic carbocycles. The molecular formula is C11H11BrClNOSe. The quantitative estimate of drug-likeness (QED) is 0.377. The number of rotatable bonds is 3. The molecule has 1 heterocycles. The van der Waals surface area contributed by atoms with Crippen molar-refractivity contribution in [1.29, 1.82) is 0 Å². The minimum Gasteiger partial charge on any atom is -1.00 e. The van der Waals surface area contributed by atoms with Crippen LogP contribution >= 0.6 is 11.6 Å². The molecule has 5 heteroatoms. The first-order valence-corrected chi connectivity index (χ1v) is 6.83. The van der Waals surface area contributed by atoms with Gasteiger partial charge in [-0.25, -0.2) is 0 Å². The van der Waals surface area contributed by atoms with Gasteiger partial charge in [-0.05, 0) is 0 Å². The molecule has 0 aliphatic carbocycles. The van der Waals surface area contributed by atoms with Crippen molar-refractivity contribution in [3.63, 3.8) is 0 Å². The standard InChI is InChI=1S/C11H11ClNOSe.BrH/c1-8-13(5-2-6-14)10-7-9(12)3-4-11(10)15-8;/h3-4,6-7H,2,5H2,1H3;1H/q+1;/p-1. The fourth-order valence-electron chi connectivity index (χ4n) is 1.63. The third-order valence-corrected chi connectivity index (χ3v) is 4.82. The van der Waals surface area contributed by atoms with E-state index in [0.29, 0.717) is 20.9 Å². The van der Waals surface area contributed by atoms with Crippen LogP contribution in [0.15, 0.2) is 18.2 Å². The molecular weight excluding hydrogens is 356 g/mol. The van der Waals surface area contributed by atoms with Crippen LogP contribution in [0, 0.1) is 6.92 Å². The normalized spacial score (nSPS) is 10.1. The fourth-order valence-corrected chi connectivity index (χ4v) is 3.95. The van der Waals surface area contributed by atoms with Crippen molar-refractivity contribution >= 4 is 42.2 Å². The van der Waals surface area contributed by atoms with Crippen LogP contribution in [0.2, 0.25) is 5.02 Å². The maximum Gasteiger partial charge on any atom is -1.00 e. The monoisotopic (exact) mass is 367 g/mol. The Morgan fingerprint density at radius 3 is 2.94 bits per heavy atom. The Labute approximate surface area is 116 Å². The molecule has 0 aliphatic rings. The second-order valence-electron chi connectivity index (χ2n) is 3.34. The first-order valence-electron chi connectivity index (χ1n) is 4.74. The Hall–Kier alpha value is -0.151. The minimum absolute atomic E-state index is 0. The molecule has 86 valence electrons. The number of carbonyl (C=O) groups excluding carboxylic acids is 1. The van der Waals surface area contributed by atoms with E-state index in [2.05, 4.69) is 17.6 Å². The molecule has 0 unspecified atom stereocenters. The van der Waals surface area contributed by atoms with Gasteiger partial charge < -0.3 is 17.0 Å². The molecule has 0 atom stereocenters. The predicted octanol–water partition coefficient (Wildman–Crippen LogP) is -1.26. The number of hydrogen-bond acceptors (Lipinski definition) is 1. The molecule has 1 aromatic heterocycles. The van der Waals surface area contributed by atoms with Crippen LogP contribution in [0.25, 0.3) is 9.78 Å². The van der Waals surface area contributed by atoms with Crippen LogP contribution in [0.3, 0.4) is 0 Å². The Balaban J connectivity index is 0.00000128. The van der Waals surface area contributed by atoms with Gasteiger partial charge in [-0.2, -0.15) is 0 Å². The Morgan fingerprint density at radius 1 is 1.50 bits per heavy atom. The van der Waals surface area contributed by atoms with Crippen molar-refractivity contribution in [2.24, 2.45) is 0 Å². The van der Waals surface area contributed by atoms with Crippen LogP contribution in [0.1, 0.15) is 11.0 Å². The van der Waals surface area contributed by atoms with E-state index in [4.69, 9.17) is 11.6 Å². The van der Waals surface area contributed by atoms with E-state index >= 15 is 0 Å². The third-order valence-electron chi connectivity index (χ3n) is 2.32. The molecule has 0 saturated heterocycles. The van der Waals surface area contributed by atoms with Gasteiger partial charge in [0.1, 0.15) is 0 Å². The SMILES string of the molecule is Cc1[se]c2ccc(Cl)cc2[n+]1CCC=O.[Br-]. The summed E-state index contributed by atoms with van der Waals surface area (Å²) in [4.78, 5) is 10.4. The second-order valence-corrected chi connectivity index (χ2v) is 6.37.